The minimum atomic E-state index is -0.652. The number of urea groups is 1. The summed E-state index contributed by atoms with van der Waals surface area (Å²) in [4.78, 5) is 24.8. The Balaban J connectivity index is 1.87. The van der Waals surface area contributed by atoms with Crippen molar-refractivity contribution in [2.75, 3.05) is 13.1 Å². The molecule has 1 aromatic carbocycles. The summed E-state index contributed by atoms with van der Waals surface area (Å²) in [7, 11) is 0. The predicted octanol–water partition coefficient (Wildman–Crippen LogP) is 1.72. The van der Waals surface area contributed by atoms with Crippen molar-refractivity contribution < 1.29 is 14.3 Å². The van der Waals surface area contributed by atoms with Crippen LogP contribution in [-0.2, 0) is 4.79 Å². The lowest BCUT2D eigenvalue weighted by Gasteiger charge is -2.25. The molecule has 0 bridgehead atoms. The summed E-state index contributed by atoms with van der Waals surface area (Å²) in [5, 5.41) is 4.14. The average Bonchev–Trinajstić information content (AvgIpc) is 2.57. The highest BCUT2D eigenvalue weighted by atomic mass is 16.5. The summed E-state index contributed by atoms with van der Waals surface area (Å²) in [5.41, 5.74) is 10.7. The van der Waals surface area contributed by atoms with Gasteiger partial charge in [-0.15, -0.1) is 0 Å². The molecule has 1 atom stereocenters. The standard InChI is InChI=1S/C17H24N4O3/c1-11-5-4-6-15(12(11)2)24-13(3)16(22)20-19-14-7-9-21(10-8-14)17(18)23/h4-6,13H,7-10H2,1-3H3,(H2,18,23)(H,20,22). The predicted molar refractivity (Wildman–Crippen MR) is 92.0 cm³/mol. The lowest BCUT2D eigenvalue weighted by molar-refractivity contribution is -0.127. The van der Waals surface area contributed by atoms with Crippen molar-refractivity contribution in [1.82, 2.24) is 10.3 Å². The number of hydrogen-bond donors (Lipinski definition) is 2. The molecular weight excluding hydrogens is 308 g/mol. The van der Waals surface area contributed by atoms with Gasteiger partial charge in [0, 0.05) is 31.6 Å². The number of benzene rings is 1. The highest BCUT2D eigenvalue weighted by Crippen LogP contribution is 2.21. The molecule has 7 nitrogen and oxygen atoms in total. The minimum absolute atomic E-state index is 0.305. The van der Waals surface area contributed by atoms with E-state index in [1.165, 1.54) is 0 Å². The van der Waals surface area contributed by atoms with E-state index >= 15 is 0 Å². The summed E-state index contributed by atoms with van der Waals surface area (Å²) in [6.07, 6.45) is 0.561. The second kappa shape index (κ2) is 7.81. The minimum Gasteiger partial charge on any atom is -0.481 e. The Kier molecular flexibility index (Phi) is 5.78. The number of carbonyl (C=O) groups is 2. The van der Waals surface area contributed by atoms with Gasteiger partial charge in [-0.2, -0.15) is 5.10 Å². The van der Waals surface area contributed by atoms with E-state index in [0.717, 1.165) is 16.8 Å². The van der Waals surface area contributed by atoms with Crippen molar-refractivity contribution in [2.24, 2.45) is 10.8 Å². The monoisotopic (exact) mass is 332 g/mol. The number of aryl methyl sites for hydroxylation is 1. The van der Waals surface area contributed by atoms with Gasteiger partial charge in [0.1, 0.15) is 5.75 Å². The molecule has 1 fully saturated rings. The maximum Gasteiger partial charge on any atom is 0.314 e. The van der Waals surface area contributed by atoms with Crippen molar-refractivity contribution in [3.63, 3.8) is 0 Å². The molecule has 0 radical (unpaired) electrons. The molecule has 0 aliphatic carbocycles. The molecule has 1 unspecified atom stereocenters. The van der Waals surface area contributed by atoms with E-state index in [9.17, 15) is 9.59 Å². The van der Waals surface area contributed by atoms with Gasteiger partial charge in [0.15, 0.2) is 6.10 Å². The van der Waals surface area contributed by atoms with Gasteiger partial charge in [-0.05, 0) is 38.0 Å². The van der Waals surface area contributed by atoms with Gasteiger partial charge in [0.05, 0.1) is 0 Å². The molecule has 3 N–H and O–H groups in total. The molecule has 3 amide bonds. The van der Waals surface area contributed by atoms with E-state index in [1.807, 2.05) is 32.0 Å². The summed E-state index contributed by atoms with van der Waals surface area (Å²) in [6, 6.07) is 5.32. The highest BCUT2D eigenvalue weighted by molar-refractivity contribution is 5.89. The number of nitrogens with one attached hydrogen (secondary N) is 1. The van der Waals surface area contributed by atoms with E-state index < -0.39 is 12.1 Å². The van der Waals surface area contributed by atoms with E-state index in [0.29, 0.717) is 31.7 Å². The quantitative estimate of drug-likeness (QED) is 0.822. The molecule has 0 aromatic heterocycles. The smallest absolute Gasteiger partial charge is 0.314 e. The number of nitrogens with zero attached hydrogens (tertiary/aromatic N) is 2. The van der Waals surface area contributed by atoms with Crippen molar-refractivity contribution in [3.05, 3.63) is 29.3 Å². The molecule has 1 aliphatic heterocycles. The number of nitrogens with two attached hydrogens (primary N) is 1. The highest BCUT2D eigenvalue weighted by Gasteiger charge is 2.19. The van der Waals surface area contributed by atoms with E-state index in [-0.39, 0.29) is 5.91 Å². The lowest BCUT2D eigenvalue weighted by Crippen LogP contribution is -2.42. The Labute approximate surface area is 141 Å². The molecule has 1 aliphatic rings. The summed E-state index contributed by atoms with van der Waals surface area (Å²) in [6.45, 7) is 6.70. The van der Waals surface area contributed by atoms with Crippen LogP contribution in [-0.4, -0.2) is 41.7 Å². The lowest BCUT2D eigenvalue weighted by atomic mass is 10.1. The number of hydrogen-bond acceptors (Lipinski definition) is 4. The third-order valence-electron chi connectivity index (χ3n) is 4.20. The van der Waals surface area contributed by atoms with Gasteiger partial charge in [0.2, 0.25) is 0 Å². The number of carbonyl (C=O) groups excluding carboxylic acids is 2. The topological polar surface area (TPSA) is 97.0 Å². The normalized spacial score (nSPS) is 15.6. The maximum absolute atomic E-state index is 12.1. The molecule has 7 heteroatoms. The van der Waals surface area contributed by atoms with Crippen LogP contribution in [0.5, 0.6) is 5.75 Å². The van der Waals surface area contributed by atoms with Gasteiger partial charge >= 0.3 is 6.03 Å². The van der Waals surface area contributed by atoms with Crippen LogP contribution in [0.1, 0.15) is 30.9 Å². The summed E-state index contributed by atoms with van der Waals surface area (Å²) < 4.78 is 5.73. The fourth-order valence-electron chi connectivity index (χ4n) is 2.42. The van der Waals surface area contributed by atoms with Crippen LogP contribution in [0.2, 0.25) is 0 Å². The second-order valence-corrected chi connectivity index (χ2v) is 5.94. The van der Waals surface area contributed by atoms with Crippen LogP contribution in [0.25, 0.3) is 0 Å². The zero-order chi connectivity index (χ0) is 17.7. The number of primary amides is 1. The molecule has 0 saturated carbocycles. The Bertz CT molecular complexity index is 647. The van der Waals surface area contributed by atoms with Crippen molar-refractivity contribution in [2.45, 2.75) is 39.7 Å². The number of rotatable bonds is 4. The largest absolute Gasteiger partial charge is 0.481 e. The number of amides is 3. The van der Waals surface area contributed by atoms with Crippen LogP contribution in [0.3, 0.4) is 0 Å². The summed E-state index contributed by atoms with van der Waals surface area (Å²) in [5.74, 6) is 0.390. The van der Waals surface area contributed by atoms with Crippen molar-refractivity contribution in [1.29, 1.82) is 0 Å². The number of piperidine rings is 1. The third kappa shape index (κ3) is 4.47. The number of hydrazone groups is 1. The van der Waals surface area contributed by atoms with Crippen LogP contribution in [0.15, 0.2) is 23.3 Å². The number of likely N-dealkylation sites (tertiary alicyclic amines) is 1. The van der Waals surface area contributed by atoms with Gasteiger partial charge < -0.3 is 15.4 Å². The molecule has 1 saturated heterocycles. The zero-order valence-electron chi connectivity index (χ0n) is 14.3. The molecular formula is C17H24N4O3. The molecule has 130 valence electrons. The Hall–Kier alpha value is -2.57. The van der Waals surface area contributed by atoms with E-state index in [2.05, 4.69) is 10.5 Å². The van der Waals surface area contributed by atoms with Crippen molar-refractivity contribution >= 4 is 17.6 Å². The van der Waals surface area contributed by atoms with Gasteiger partial charge in [-0.25, -0.2) is 10.2 Å². The van der Waals surface area contributed by atoms with Gasteiger partial charge in [0.25, 0.3) is 5.91 Å². The number of ether oxygens (including phenoxy) is 1. The Morgan fingerprint density at radius 2 is 1.96 bits per heavy atom. The van der Waals surface area contributed by atoms with Crippen LogP contribution in [0.4, 0.5) is 4.79 Å². The van der Waals surface area contributed by atoms with Crippen LogP contribution in [0, 0.1) is 13.8 Å². The molecule has 1 heterocycles. The molecule has 0 spiro atoms. The average molecular weight is 332 g/mol. The van der Waals surface area contributed by atoms with Crippen molar-refractivity contribution in [3.8, 4) is 5.75 Å². The first-order chi connectivity index (χ1) is 11.4. The Morgan fingerprint density at radius 1 is 1.29 bits per heavy atom. The summed E-state index contributed by atoms with van der Waals surface area (Å²) >= 11 is 0. The fourth-order valence-corrected chi connectivity index (χ4v) is 2.42. The maximum atomic E-state index is 12.1. The SMILES string of the molecule is Cc1cccc(OC(C)C(=O)NN=C2CCN(C(N)=O)CC2)c1C. The molecule has 1 aromatic rings. The first kappa shape index (κ1) is 17.8. The zero-order valence-corrected chi connectivity index (χ0v) is 14.3. The first-order valence-corrected chi connectivity index (χ1v) is 8.01. The second-order valence-electron chi connectivity index (χ2n) is 5.94. The fraction of sp³-hybridized carbons (Fsp3) is 0.471. The van der Waals surface area contributed by atoms with Gasteiger partial charge in [-0.3, -0.25) is 4.79 Å². The van der Waals surface area contributed by atoms with Crippen LogP contribution >= 0.6 is 0 Å². The molecule has 2 rings (SSSR count). The first-order valence-electron chi connectivity index (χ1n) is 8.01. The van der Waals surface area contributed by atoms with Crippen LogP contribution < -0.4 is 15.9 Å². The van der Waals surface area contributed by atoms with E-state index in [4.69, 9.17) is 10.5 Å². The Morgan fingerprint density at radius 3 is 2.58 bits per heavy atom. The molecule has 24 heavy (non-hydrogen) atoms. The third-order valence-corrected chi connectivity index (χ3v) is 4.20. The van der Waals surface area contributed by atoms with E-state index in [1.54, 1.807) is 11.8 Å². The van der Waals surface area contributed by atoms with Gasteiger partial charge in [-0.1, -0.05) is 12.1 Å².